The third kappa shape index (κ3) is 6.15. The van der Waals surface area contributed by atoms with Crippen LogP contribution in [0.4, 0.5) is 0 Å². The number of methoxy groups -OCH3 is 1. The zero-order valence-electron chi connectivity index (χ0n) is 19.2. The van der Waals surface area contributed by atoms with E-state index in [1.54, 1.807) is 18.9 Å². The summed E-state index contributed by atoms with van der Waals surface area (Å²) in [4.78, 5) is 27.5. The number of amides is 2. The van der Waals surface area contributed by atoms with Gasteiger partial charge in [-0.3, -0.25) is 9.59 Å². The van der Waals surface area contributed by atoms with Crippen molar-refractivity contribution >= 4 is 11.8 Å². The predicted molar refractivity (Wildman–Crippen MR) is 122 cm³/mol. The lowest BCUT2D eigenvalue weighted by molar-refractivity contribution is -0.140. The zero-order chi connectivity index (χ0) is 23.1. The van der Waals surface area contributed by atoms with Crippen molar-refractivity contribution < 1.29 is 23.8 Å². The van der Waals surface area contributed by atoms with Gasteiger partial charge < -0.3 is 24.4 Å². The molecule has 7 heteroatoms. The Kier molecular flexibility index (Phi) is 7.98. The van der Waals surface area contributed by atoms with Gasteiger partial charge in [0.1, 0.15) is 25.0 Å². The van der Waals surface area contributed by atoms with Crippen LogP contribution in [-0.4, -0.2) is 49.1 Å². The SMILES string of the molecule is COc1ccc(CN(C(=O)CCc2ccc3c(c2)OCCO3)[C@H](C)C(=O)NC(C)C)cc1. The normalized spacial score (nSPS) is 13.4. The number of nitrogens with zero attached hydrogens (tertiary/aromatic N) is 1. The molecule has 0 bridgehead atoms. The predicted octanol–water partition coefficient (Wildman–Crippen LogP) is 3.34. The molecule has 1 N–H and O–H groups in total. The van der Waals surface area contributed by atoms with Crippen LogP contribution in [0.25, 0.3) is 0 Å². The molecule has 32 heavy (non-hydrogen) atoms. The Balaban J connectivity index is 1.71. The van der Waals surface area contributed by atoms with Crippen LogP contribution in [0.1, 0.15) is 38.3 Å². The summed E-state index contributed by atoms with van der Waals surface area (Å²) in [6.07, 6.45) is 0.836. The van der Waals surface area contributed by atoms with Crippen molar-refractivity contribution in [2.45, 2.75) is 52.2 Å². The van der Waals surface area contributed by atoms with E-state index in [1.807, 2.05) is 56.3 Å². The van der Waals surface area contributed by atoms with Crippen LogP contribution in [0.5, 0.6) is 17.2 Å². The maximum atomic E-state index is 13.2. The van der Waals surface area contributed by atoms with Crippen molar-refractivity contribution in [1.29, 1.82) is 0 Å². The third-order valence-corrected chi connectivity index (χ3v) is 5.34. The highest BCUT2D eigenvalue weighted by atomic mass is 16.6. The molecule has 0 unspecified atom stereocenters. The number of carbonyl (C=O) groups excluding carboxylic acids is 2. The van der Waals surface area contributed by atoms with Gasteiger partial charge in [-0.1, -0.05) is 18.2 Å². The number of carbonyl (C=O) groups is 2. The van der Waals surface area contributed by atoms with Gasteiger partial charge in [0.25, 0.3) is 0 Å². The van der Waals surface area contributed by atoms with Gasteiger partial charge in [0.2, 0.25) is 11.8 Å². The zero-order valence-corrected chi connectivity index (χ0v) is 19.2. The molecule has 0 spiro atoms. The average molecular weight is 441 g/mol. The molecule has 1 atom stereocenters. The fraction of sp³-hybridized carbons (Fsp3) is 0.440. The van der Waals surface area contributed by atoms with Gasteiger partial charge in [0.05, 0.1) is 7.11 Å². The van der Waals surface area contributed by atoms with E-state index >= 15 is 0 Å². The van der Waals surface area contributed by atoms with Crippen molar-refractivity contribution in [3.8, 4) is 17.2 Å². The average Bonchev–Trinajstić information content (AvgIpc) is 2.80. The standard InChI is InChI=1S/C25H32N2O5/c1-17(2)26-25(29)18(3)27(16-20-5-9-21(30-4)10-6-20)24(28)12-8-19-7-11-22-23(15-19)32-14-13-31-22/h5-7,9-11,15,17-18H,8,12-14,16H2,1-4H3,(H,26,29)/t18-/m1/s1. The third-order valence-electron chi connectivity index (χ3n) is 5.34. The molecule has 0 radical (unpaired) electrons. The van der Waals surface area contributed by atoms with E-state index in [9.17, 15) is 9.59 Å². The quantitative estimate of drug-likeness (QED) is 0.647. The fourth-order valence-electron chi connectivity index (χ4n) is 3.55. The van der Waals surface area contributed by atoms with E-state index in [2.05, 4.69) is 5.32 Å². The maximum absolute atomic E-state index is 13.2. The molecule has 0 aromatic heterocycles. The molecule has 0 saturated heterocycles. The lowest BCUT2D eigenvalue weighted by atomic mass is 10.1. The summed E-state index contributed by atoms with van der Waals surface area (Å²) in [5.74, 6) is 1.94. The highest BCUT2D eigenvalue weighted by Crippen LogP contribution is 2.31. The number of rotatable bonds is 9. The first kappa shape index (κ1) is 23.4. The molecule has 2 aromatic rings. The first-order valence-corrected chi connectivity index (χ1v) is 11.0. The van der Waals surface area contributed by atoms with Crippen molar-refractivity contribution in [1.82, 2.24) is 10.2 Å². The van der Waals surface area contributed by atoms with E-state index in [-0.39, 0.29) is 24.3 Å². The van der Waals surface area contributed by atoms with E-state index in [0.29, 0.717) is 31.9 Å². The number of hydrogen-bond donors (Lipinski definition) is 1. The molecule has 2 aromatic carbocycles. The number of nitrogens with one attached hydrogen (secondary N) is 1. The van der Waals surface area contributed by atoms with Crippen LogP contribution in [0, 0.1) is 0 Å². The highest BCUT2D eigenvalue weighted by Gasteiger charge is 2.26. The summed E-state index contributed by atoms with van der Waals surface area (Å²) >= 11 is 0. The van der Waals surface area contributed by atoms with Gasteiger partial charge >= 0.3 is 0 Å². The summed E-state index contributed by atoms with van der Waals surface area (Å²) < 4.78 is 16.4. The number of fused-ring (bicyclic) bond motifs is 1. The van der Waals surface area contributed by atoms with Crippen LogP contribution in [-0.2, 0) is 22.6 Å². The van der Waals surface area contributed by atoms with Crippen LogP contribution >= 0.6 is 0 Å². The summed E-state index contributed by atoms with van der Waals surface area (Å²) in [6, 6.07) is 12.7. The largest absolute Gasteiger partial charge is 0.497 e. The Morgan fingerprint density at radius 2 is 1.66 bits per heavy atom. The molecular weight excluding hydrogens is 408 g/mol. The first-order valence-electron chi connectivity index (χ1n) is 11.0. The van der Waals surface area contributed by atoms with Gasteiger partial charge in [0.15, 0.2) is 11.5 Å². The van der Waals surface area contributed by atoms with E-state index in [4.69, 9.17) is 14.2 Å². The molecule has 0 fully saturated rings. The van der Waals surface area contributed by atoms with Crippen molar-refractivity contribution in [3.63, 3.8) is 0 Å². The van der Waals surface area contributed by atoms with Crippen LogP contribution in [0.3, 0.4) is 0 Å². The topological polar surface area (TPSA) is 77.1 Å². The Bertz CT molecular complexity index is 926. The molecule has 0 saturated carbocycles. The molecule has 3 rings (SSSR count). The summed E-state index contributed by atoms with van der Waals surface area (Å²) in [6.45, 7) is 6.99. The van der Waals surface area contributed by atoms with Crippen LogP contribution in [0.2, 0.25) is 0 Å². The minimum Gasteiger partial charge on any atom is -0.497 e. The fourth-order valence-corrected chi connectivity index (χ4v) is 3.55. The van der Waals surface area contributed by atoms with Gasteiger partial charge in [-0.05, 0) is 62.6 Å². The van der Waals surface area contributed by atoms with Crippen molar-refractivity contribution in [2.24, 2.45) is 0 Å². The maximum Gasteiger partial charge on any atom is 0.242 e. The summed E-state index contributed by atoms with van der Waals surface area (Å²) in [5.41, 5.74) is 1.92. The van der Waals surface area contributed by atoms with Gasteiger partial charge in [-0.15, -0.1) is 0 Å². The van der Waals surface area contributed by atoms with E-state index in [1.165, 1.54) is 0 Å². The second-order valence-electron chi connectivity index (χ2n) is 8.19. The van der Waals surface area contributed by atoms with Gasteiger partial charge in [0, 0.05) is 19.0 Å². The molecule has 1 heterocycles. The first-order chi connectivity index (χ1) is 15.4. The minimum atomic E-state index is -0.590. The van der Waals surface area contributed by atoms with Crippen molar-refractivity contribution in [2.75, 3.05) is 20.3 Å². The lowest BCUT2D eigenvalue weighted by Crippen LogP contribution is -2.49. The van der Waals surface area contributed by atoms with Crippen molar-refractivity contribution in [3.05, 3.63) is 53.6 Å². The molecule has 1 aliphatic rings. The molecule has 172 valence electrons. The van der Waals surface area contributed by atoms with Gasteiger partial charge in [-0.2, -0.15) is 0 Å². The Labute approximate surface area is 189 Å². The Hall–Kier alpha value is -3.22. The molecule has 7 nitrogen and oxygen atoms in total. The minimum absolute atomic E-state index is 0.000558. The summed E-state index contributed by atoms with van der Waals surface area (Å²) in [7, 11) is 1.61. The number of hydrogen-bond acceptors (Lipinski definition) is 5. The lowest BCUT2D eigenvalue weighted by Gasteiger charge is -2.29. The second-order valence-corrected chi connectivity index (χ2v) is 8.19. The van der Waals surface area contributed by atoms with Crippen LogP contribution < -0.4 is 19.5 Å². The monoisotopic (exact) mass is 440 g/mol. The summed E-state index contributed by atoms with van der Waals surface area (Å²) in [5, 5.41) is 2.91. The Morgan fingerprint density at radius 1 is 1.00 bits per heavy atom. The number of benzene rings is 2. The second kappa shape index (κ2) is 10.9. The van der Waals surface area contributed by atoms with Gasteiger partial charge in [-0.25, -0.2) is 0 Å². The molecule has 0 aliphatic carbocycles. The van der Waals surface area contributed by atoms with E-state index in [0.717, 1.165) is 22.6 Å². The molecule has 2 amide bonds. The number of ether oxygens (including phenoxy) is 3. The molecular formula is C25H32N2O5. The van der Waals surface area contributed by atoms with E-state index < -0.39 is 6.04 Å². The van der Waals surface area contributed by atoms with Crippen LogP contribution in [0.15, 0.2) is 42.5 Å². The molecule has 1 aliphatic heterocycles. The smallest absolute Gasteiger partial charge is 0.242 e. The number of aryl methyl sites for hydroxylation is 1. The highest BCUT2D eigenvalue weighted by molar-refractivity contribution is 5.87. The Morgan fingerprint density at radius 3 is 2.31 bits per heavy atom.